The second-order valence-corrected chi connectivity index (χ2v) is 4.09. The number of rotatable bonds is 5. The third-order valence-corrected chi connectivity index (χ3v) is 2.34. The number of nitrogens with zero attached hydrogens (tertiary/aromatic N) is 1. The largest absolute Gasteiger partial charge is 0.271 e. The quantitative estimate of drug-likeness (QED) is 0.790. The van der Waals surface area contributed by atoms with Gasteiger partial charge in [0.25, 0.3) is 5.91 Å². The Hall–Kier alpha value is -1.86. The highest BCUT2D eigenvalue weighted by Gasteiger charge is 2.21. The predicted octanol–water partition coefficient (Wildman–Crippen LogP) is 2.03. The smallest absolute Gasteiger partial charge is 0.261 e. The van der Waals surface area contributed by atoms with Gasteiger partial charge < -0.3 is 0 Å². The van der Waals surface area contributed by atoms with E-state index < -0.39 is 11.8 Å². The van der Waals surface area contributed by atoms with Gasteiger partial charge in [-0.2, -0.15) is 5.26 Å². The second-order valence-electron chi connectivity index (χ2n) is 4.09. The van der Waals surface area contributed by atoms with E-state index in [4.69, 9.17) is 10.1 Å². The number of hydrogen-bond acceptors (Lipinski definition) is 3. The van der Waals surface area contributed by atoms with E-state index in [9.17, 15) is 4.79 Å². The number of benzene rings is 1. The molecule has 1 rings (SSSR count). The van der Waals surface area contributed by atoms with E-state index in [0.29, 0.717) is 6.61 Å². The van der Waals surface area contributed by atoms with Gasteiger partial charge >= 0.3 is 0 Å². The fourth-order valence-corrected chi connectivity index (χ4v) is 1.34. The lowest BCUT2D eigenvalue weighted by atomic mass is 9.97. The molecular weight excluding hydrogens is 216 g/mol. The van der Waals surface area contributed by atoms with Crippen LogP contribution in [0.15, 0.2) is 30.3 Å². The number of carbonyl (C=O) groups is 1. The molecule has 0 radical (unpaired) electrons. The molecule has 0 heterocycles. The first-order chi connectivity index (χ1) is 8.15. The molecule has 1 N–H and O–H groups in total. The Bertz CT molecular complexity index is 396. The van der Waals surface area contributed by atoms with Crippen LogP contribution in [0.3, 0.4) is 0 Å². The predicted molar refractivity (Wildman–Crippen MR) is 63.3 cm³/mol. The van der Waals surface area contributed by atoms with Gasteiger partial charge in [0.2, 0.25) is 0 Å². The lowest BCUT2D eigenvalue weighted by Crippen LogP contribution is -2.32. The molecule has 0 saturated heterocycles. The van der Waals surface area contributed by atoms with E-state index in [1.807, 2.05) is 50.2 Å². The number of nitrogens with one attached hydrogen (secondary N) is 1. The molecule has 0 aliphatic heterocycles. The Morgan fingerprint density at radius 1 is 1.41 bits per heavy atom. The van der Waals surface area contributed by atoms with E-state index >= 15 is 0 Å². The summed E-state index contributed by atoms with van der Waals surface area (Å²) < 4.78 is 0. The Balaban J connectivity index is 2.37. The summed E-state index contributed by atoms with van der Waals surface area (Å²) in [5, 5.41) is 8.82. The van der Waals surface area contributed by atoms with E-state index in [1.165, 1.54) is 0 Å². The second kappa shape index (κ2) is 6.66. The lowest BCUT2D eigenvalue weighted by Gasteiger charge is -2.12. The molecule has 0 saturated carbocycles. The van der Waals surface area contributed by atoms with Crippen LogP contribution in [0.1, 0.15) is 19.4 Å². The summed E-state index contributed by atoms with van der Waals surface area (Å²) in [6, 6.07) is 11.5. The maximum Gasteiger partial charge on any atom is 0.261 e. The highest BCUT2D eigenvalue weighted by Crippen LogP contribution is 2.09. The van der Waals surface area contributed by atoms with Crippen LogP contribution in [-0.4, -0.2) is 5.91 Å². The van der Waals surface area contributed by atoms with Crippen LogP contribution in [-0.2, 0) is 16.2 Å². The summed E-state index contributed by atoms with van der Waals surface area (Å²) in [4.78, 5) is 16.6. The third-order valence-electron chi connectivity index (χ3n) is 2.34. The molecule has 0 bridgehead atoms. The van der Waals surface area contributed by atoms with Crippen LogP contribution in [0, 0.1) is 23.2 Å². The molecule has 1 atom stereocenters. The molecule has 4 nitrogen and oxygen atoms in total. The van der Waals surface area contributed by atoms with Crippen molar-refractivity contribution in [2.24, 2.45) is 11.8 Å². The van der Waals surface area contributed by atoms with Gasteiger partial charge in [-0.1, -0.05) is 44.2 Å². The zero-order valence-electron chi connectivity index (χ0n) is 10.0. The molecule has 4 heteroatoms. The number of hydroxylamine groups is 1. The highest BCUT2D eigenvalue weighted by molar-refractivity contribution is 5.80. The maximum atomic E-state index is 11.5. The van der Waals surface area contributed by atoms with E-state index in [0.717, 1.165) is 5.56 Å². The van der Waals surface area contributed by atoms with E-state index in [1.54, 1.807) is 0 Å². The first-order valence-electron chi connectivity index (χ1n) is 5.50. The normalized spacial score (nSPS) is 11.9. The van der Waals surface area contributed by atoms with Gasteiger partial charge in [-0.3, -0.25) is 9.63 Å². The first kappa shape index (κ1) is 13.2. The van der Waals surface area contributed by atoms with Crippen molar-refractivity contribution in [1.82, 2.24) is 5.48 Å². The Kier molecular flexibility index (Phi) is 5.18. The number of amides is 1. The summed E-state index contributed by atoms with van der Waals surface area (Å²) in [5.41, 5.74) is 3.27. The SMILES string of the molecule is CC(C)C(C#N)C(=O)NOCc1ccccc1. The van der Waals surface area contributed by atoms with Gasteiger partial charge in [0.15, 0.2) is 0 Å². The minimum atomic E-state index is -0.675. The fourth-order valence-electron chi connectivity index (χ4n) is 1.34. The molecule has 0 fully saturated rings. The molecule has 0 aromatic heterocycles. The summed E-state index contributed by atoms with van der Waals surface area (Å²) in [5.74, 6) is -1.09. The molecule has 0 aliphatic rings. The van der Waals surface area contributed by atoms with Gasteiger partial charge in [0, 0.05) is 0 Å². The van der Waals surface area contributed by atoms with Crippen LogP contribution in [0.25, 0.3) is 0 Å². The van der Waals surface area contributed by atoms with Crippen molar-refractivity contribution in [1.29, 1.82) is 5.26 Å². The molecule has 90 valence electrons. The van der Waals surface area contributed by atoms with Crippen molar-refractivity contribution in [2.75, 3.05) is 0 Å². The summed E-state index contributed by atoms with van der Waals surface area (Å²) in [6.07, 6.45) is 0. The summed E-state index contributed by atoms with van der Waals surface area (Å²) >= 11 is 0. The van der Waals surface area contributed by atoms with E-state index in [2.05, 4.69) is 5.48 Å². The van der Waals surface area contributed by atoms with Gasteiger partial charge in [0.05, 0.1) is 12.7 Å². The zero-order valence-corrected chi connectivity index (χ0v) is 10.0. The average molecular weight is 232 g/mol. The van der Waals surface area contributed by atoms with Crippen LogP contribution < -0.4 is 5.48 Å². The molecule has 17 heavy (non-hydrogen) atoms. The molecule has 1 aromatic carbocycles. The third kappa shape index (κ3) is 4.25. The van der Waals surface area contributed by atoms with Gasteiger partial charge in [-0.25, -0.2) is 5.48 Å². The molecule has 0 spiro atoms. The summed E-state index contributed by atoms with van der Waals surface area (Å²) in [7, 11) is 0. The Labute approximate surface area is 101 Å². The Morgan fingerprint density at radius 2 is 2.06 bits per heavy atom. The number of carbonyl (C=O) groups excluding carboxylic acids is 1. The molecule has 1 unspecified atom stereocenters. The zero-order chi connectivity index (χ0) is 12.7. The van der Waals surface area contributed by atoms with Crippen LogP contribution in [0.4, 0.5) is 0 Å². The lowest BCUT2D eigenvalue weighted by molar-refractivity contribution is -0.138. The van der Waals surface area contributed by atoms with Crippen molar-refractivity contribution >= 4 is 5.91 Å². The van der Waals surface area contributed by atoms with Gasteiger partial charge in [0.1, 0.15) is 5.92 Å². The highest BCUT2D eigenvalue weighted by atomic mass is 16.6. The number of hydrogen-bond donors (Lipinski definition) is 1. The topological polar surface area (TPSA) is 62.1 Å². The van der Waals surface area contributed by atoms with Crippen molar-refractivity contribution in [3.05, 3.63) is 35.9 Å². The van der Waals surface area contributed by atoms with Crippen molar-refractivity contribution in [2.45, 2.75) is 20.5 Å². The molecular formula is C13H16N2O2. The minimum absolute atomic E-state index is 0.0275. The molecule has 0 aliphatic carbocycles. The van der Waals surface area contributed by atoms with Crippen molar-refractivity contribution < 1.29 is 9.63 Å². The monoisotopic (exact) mass is 232 g/mol. The van der Waals surface area contributed by atoms with Crippen LogP contribution in [0.2, 0.25) is 0 Å². The van der Waals surface area contributed by atoms with Crippen molar-refractivity contribution in [3.63, 3.8) is 0 Å². The first-order valence-corrected chi connectivity index (χ1v) is 5.50. The van der Waals surface area contributed by atoms with Gasteiger partial charge in [-0.05, 0) is 11.5 Å². The van der Waals surface area contributed by atoms with Gasteiger partial charge in [-0.15, -0.1) is 0 Å². The van der Waals surface area contributed by atoms with E-state index in [-0.39, 0.29) is 5.92 Å². The molecule has 1 amide bonds. The van der Waals surface area contributed by atoms with Crippen LogP contribution >= 0.6 is 0 Å². The van der Waals surface area contributed by atoms with Crippen LogP contribution in [0.5, 0.6) is 0 Å². The standard InChI is InChI=1S/C13H16N2O2/c1-10(2)12(8-14)13(16)15-17-9-11-6-4-3-5-7-11/h3-7,10,12H,9H2,1-2H3,(H,15,16). The van der Waals surface area contributed by atoms with Crippen molar-refractivity contribution in [3.8, 4) is 6.07 Å². The average Bonchev–Trinajstić information content (AvgIpc) is 2.30. The molecule has 1 aromatic rings. The maximum absolute atomic E-state index is 11.5. The fraction of sp³-hybridized carbons (Fsp3) is 0.385. The number of nitriles is 1. The summed E-state index contributed by atoms with van der Waals surface area (Å²) in [6.45, 7) is 3.94. The Morgan fingerprint density at radius 3 is 2.59 bits per heavy atom. The minimum Gasteiger partial charge on any atom is -0.271 e.